The van der Waals surface area contributed by atoms with E-state index in [1.807, 2.05) is 0 Å². The van der Waals surface area contributed by atoms with E-state index < -0.39 is 22.0 Å². The average molecular weight is 431 g/mol. The predicted octanol–water partition coefficient (Wildman–Crippen LogP) is 3.62. The Morgan fingerprint density at radius 2 is 1.70 bits per heavy atom. The molecular formula is C17H16Cl2N2O5S. The summed E-state index contributed by atoms with van der Waals surface area (Å²) in [5.74, 6) is -1.65. The van der Waals surface area contributed by atoms with Crippen LogP contribution in [0.25, 0.3) is 0 Å². The van der Waals surface area contributed by atoms with E-state index in [0.29, 0.717) is 5.69 Å². The van der Waals surface area contributed by atoms with Crippen molar-refractivity contribution in [1.82, 2.24) is 0 Å². The Balaban J connectivity index is 2.56. The molecule has 1 unspecified atom stereocenters. The van der Waals surface area contributed by atoms with Crippen molar-refractivity contribution in [2.24, 2.45) is 0 Å². The summed E-state index contributed by atoms with van der Waals surface area (Å²) in [5, 5.41) is 12.2. The molecule has 7 nitrogen and oxygen atoms in total. The van der Waals surface area contributed by atoms with Gasteiger partial charge in [0.05, 0.1) is 15.6 Å². The second-order valence-electron chi connectivity index (χ2n) is 5.62. The highest BCUT2D eigenvalue weighted by atomic mass is 35.5. The van der Waals surface area contributed by atoms with Gasteiger partial charge in [-0.3, -0.25) is 9.10 Å². The van der Waals surface area contributed by atoms with Crippen molar-refractivity contribution in [3.63, 3.8) is 0 Å². The van der Waals surface area contributed by atoms with E-state index in [0.717, 1.165) is 4.31 Å². The van der Waals surface area contributed by atoms with Crippen LogP contribution in [0.4, 0.5) is 11.4 Å². The number of carboxylic acids is 1. The van der Waals surface area contributed by atoms with Crippen LogP contribution in [-0.4, -0.2) is 31.4 Å². The third kappa shape index (κ3) is 4.71. The van der Waals surface area contributed by atoms with Crippen molar-refractivity contribution in [3.8, 4) is 0 Å². The molecule has 0 aromatic heterocycles. The lowest BCUT2D eigenvalue weighted by Crippen LogP contribution is -2.43. The van der Waals surface area contributed by atoms with E-state index in [1.165, 1.54) is 56.3 Å². The van der Waals surface area contributed by atoms with Gasteiger partial charge in [0.15, 0.2) is 0 Å². The number of anilines is 2. The van der Waals surface area contributed by atoms with E-state index in [-0.39, 0.29) is 26.5 Å². The summed E-state index contributed by atoms with van der Waals surface area (Å²) in [6, 6.07) is 8.01. The molecular weight excluding hydrogens is 415 g/mol. The number of carbonyl (C=O) groups excluding carboxylic acids is 1. The minimum Gasteiger partial charge on any atom is -0.480 e. The quantitative estimate of drug-likeness (QED) is 0.727. The zero-order valence-corrected chi connectivity index (χ0v) is 16.6. The maximum absolute atomic E-state index is 13.1. The maximum atomic E-state index is 13.1. The predicted molar refractivity (Wildman–Crippen MR) is 104 cm³/mol. The maximum Gasteiger partial charge on any atom is 0.327 e. The number of amides is 1. The number of nitrogens with zero attached hydrogens (tertiary/aromatic N) is 1. The SMILES string of the molecule is CC(=O)Nc1ccc(S(=O)(=O)N(c2ccc(Cl)cc2Cl)C(C)C(=O)O)cc1. The number of carboxylic acid groups (broad SMARTS) is 1. The lowest BCUT2D eigenvalue weighted by atomic mass is 10.2. The van der Waals surface area contributed by atoms with Crippen molar-refractivity contribution >= 4 is 56.5 Å². The average Bonchev–Trinajstić information content (AvgIpc) is 2.56. The van der Waals surface area contributed by atoms with Crippen LogP contribution in [0.5, 0.6) is 0 Å². The fourth-order valence-corrected chi connectivity index (χ4v) is 4.52. The zero-order chi connectivity index (χ0) is 20.4. The number of aliphatic carboxylic acids is 1. The smallest absolute Gasteiger partial charge is 0.327 e. The topological polar surface area (TPSA) is 104 Å². The summed E-state index contributed by atoms with van der Waals surface area (Å²) >= 11 is 12.0. The highest BCUT2D eigenvalue weighted by Crippen LogP contribution is 2.34. The fourth-order valence-electron chi connectivity index (χ4n) is 2.33. The molecule has 2 aromatic rings. The minimum absolute atomic E-state index is 0.00552. The summed E-state index contributed by atoms with van der Waals surface area (Å²) in [7, 11) is -4.27. The number of carbonyl (C=O) groups is 2. The van der Waals surface area contributed by atoms with Gasteiger partial charge in [0.2, 0.25) is 5.91 Å². The molecule has 2 aromatic carbocycles. The number of benzene rings is 2. The summed E-state index contributed by atoms with van der Waals surface area (Å²) in [6.45, 7) is 2.56. The van der Waals surface area contributed by atoms with Gasteiger partial charge in [-0.2, -0.15) is 0 Å². The van der Waals surface area contributed by atoms with Crippen molar-refractivity contribution in [2.45, 2.75) is 24.8 Å². The molecule has 0 saturated carbocycles. The monoisotopic (exact) mass is 430 g/mol. The van der Waals surface area contributed by atoms with E-state index in [2.05, 4.69) is 5.32 Å². The summed E-state index contributed by atoms with van der Waals surface area (Å²) in [4.78, 5) is 22.5. The van der Waals surface area contributed by atoms with Gasteiger partial charge >= 0.3 is 5.97 Å². The molecule has 0 fully saturated rings. The van der Waals surface area contributed by atoms with Gasteiger partial charge < -0.3 is 10.4 Å². The van der Waals surface area contributed by atoms with E-state index in [4.69, 9.17) is 23.2 Å². The minimum atomic E-state index is -4.27. The number of sulfonamides is 1. The van der Waals surface area contributed by atoms with Gasteiger partial charge in [0.25, 0.3) is 10.0 Å². The molecule has 0 aliphatic carbocycles. The van der Waals surface area contributed by atoms with Crippen LogP contribution in [0.3, 0.4) is 0 Å². The summed E-state index contributed by atoms with van der Waals surface area (Å²) in [6.07, 6.45) is 0. The molecule has 1 atom stereocenters. The van der Waals surface area contributed by atoms with Crippen LogP contribution in [-0.2, 0) is 19.6 Å². The van der Waals surface area contributed by atoms with Crippen LogP contribution in [0, 0.1) is 0 Å². The summed E-state index contributed by atoms with van der Waals surface area (Å²) in [5.41, 5.74) is 0.394. The Kier molecular flexibility index (Phi) is 6.35. The first-order valence-electron chi connectivity index (χ1n) is 7.64. The number of hydrogen-bond acceptors (Lipinski definition) is 4. The summed E-state index contributed by atoms with van der Waals surface area (Å²) < 4.78 is 27.0. The van der Waals surface area contributed by atoms with Gasteiger partial charge in [-0.1, -0.05) is 23.2 Å². The van der Waals surface area contributed by atoms with Gasteiger partial charge in [-0.05, 0) is 49.4 Å². The number of hydrogen-bond donors (Lipinski definition) is 2. The fraction of sp³-hybridized carbons (Fsp3) is 0.176. The normalized spacial score (nSPS) is 12.3. The van der Waals surface area contributed by atoms with E-state index >= 15 is 0 Å². The van der Waals surface area contributed by atoms with Crippen LogP contribution in [0.2, 0.25) is 10.0 Å². The molecule has 0 radical (unpaired) electrons. The van der Waals surface area contributed by atoms with Crippen molar-refractivity contribution < 1.29 is 23.1 Å². The largest absolute Gasteiger partial charge is 0.480 e. The molecule has 0 aliphatic heterocycles. The third-order valence-corrected chi connectivity index (χ3v) is 6.02. The van der Waals surface area contributed by atoms with Gasteiger partial charge in [0.1, 0.15) is 6.04 Å². The molecule has 0 bridgehead atoms. The first-order valence-corrected chi connectivity index (χ1v) is 9.83. The van der Waals surface area contributed by atoms with Crippen LogP contribution in [0.1, 0.15) is 13.8 Å². The molecule has 2 rings (SSSR count). The number of rotatable bonds is 6. The molecule has 27 heavy (non-hydrogen) atoms. The lowest BCUT2D eigenvalue weighted by Gasteiger charge is -2.28. The van der Waals surface area contributed by atoms with Gasteiger partial charge in [-0.25, -0.2) is 13.2 Å². The van der Waals surface area contributed by atoms with E-state index in [9.17, 15) is 23.1 Å². The molecule has 144 valence electrons. The van der Waals surface area contributed by atoms with Crippen LogP contribution in [0.15, 0.2) is 47.4 Å². The molecule has 2 N–H and O–H groups in total. The number of nitrogens with one attached hydrogen (secondary N) is 1. The molecule has 0 saturated heterocycles. The molecule has 0 aliphatic rings. The molecule has 0 spiro atoms. The Morgan fingerprint density at radius 1 is 1.11 bits per heavy atom. The Bertz CT molecular complexity index is 977. The lowest BCUT2D eigenvalue weighted by molar-refractivity contribution is -0.137. The zero-order valence-electron chi connectivity index (χ0n) is 14.3. The highest BCUT2D eigenvalue weighted by Gasteiger charge is 2.34. The first kappa shape index (κ1) is 21.0. The van der Waals surface area contributed by atoms with E-state index in [1.54, 1.807) is 0 Å². The highest BCUT2D eigenvalue weighted by molar-refractivity contribution is 7.93. The van der Waals surface area contributed by atoms with Crippen LogP contribution < -0.4 is 9.62 Å². The second-order valence-corrected chi connectivity index (χ2v) is 8.27. The molecule has 10 heteroatoms. The number of halogens is 2. The van der Waals surface area contributed by atoms with Crippen molar-refractivity contribution in [2.75, 3.05) is 9.62 Å². The van der Waals surface area contributed by atoms with Gasteiger partial charge in [-0.15, -0.1) is 0 Å². The Morgan fingerprint density at radius 3 is 2.19 bits per heavy atom. The molecule has 0 heterocycles. The Labute approximate surface area is 166 Å². The Hall–Kier alpha value is -2.29. The third-order valence-electron chi connectivity index (χ3n) is 3.59. The van der Waals surface area contributed by atoms with Crippen molar-refractivity contribution in [3.05, 3.63) is 52.5 Å². The second kappa shape index (κ2) is 8.16. The molecule has 1 amide bonds. The van der Waals surface area contributed by atoms with Crippen LogP contribution >= 0.6 is 23.2 Å². The van der Waals surface area contributed by atoms with Crippen molar-refractivity contribution in [1.29, 1.82) is 0 Å². The first-order chi connectivity index (χ1) is 12.5. The standard InChI is InChI=1S/C17H16Cl2N2O5S/c1-10(17(23)24)21(16-8-3-12(18)9-15(16)19)27(25,26)14-6-4-13(5-7-14)20-11(2)22/h3-10H,1-2H3,(H,20,22)(H,23,24). The van der Waals surface area contributed by atoms with Gasteiger partial charge in [0, 0.05) is 17.6 Å².